The van der Waals surface area contributed by atoms with Crippen LogP contribution in [0.15, 0.2) is 12.1 Å². The number of hydrogen-bond donors (Lipinski definition) is 3. The van der Waals surface area contributed by atoms with Crippen molar-refractivity contribution in [3.63, 3.8) is 0 Å². The minimum Gasteiger partial charge on any atom is -0.397 e. The third-order valence-electron chi connectivity index (χ3n) is 7.23. The number of pyridine rings is 2. The van der Waals surface area contributed by atoms with Crippen LogP contribution in [0.2, 0.25) is 0 Å². The minimum absolute atomic E-state index is 0.213. The quantitative estimate of drug-likeness (QED) is 0.463. The number of fused-ring (bicyclic) bond motifs is 2. The number of hydrogen-bond acceptors (Lipinski definition) is 8. The van der Waals surface area contributed by atoms with Crippen molar-refractivity contribution in [2.24, 2.45) is 5.92 Å². The van der Waals surface area contributed by atoms with E-state index in [2.05, 4.69) is 20.5 Å². The van der Waals surface area contributed by atoms with Crippen LogP contribution in [-0.4, -0.2) is 61.8 Å². The molecule has 11 heteroatoms. The topological polar surface area (TPSA) is 105 Å². The van der Waals surface area contributed by atoms with Gasteiger partial charge in [-0.05, 0) is 39.3 Å². The number of anilines is 2. The van der Waals surface area contributed by atoms with Gasteiger partial charge in [-0.25, -0.2) is 18.7 Å². The van der Waals surface area contributed by atoms with Crippen molar-refractivity contribution in [2.75, 3.05) is 44.5 Å². The second-order valence-corrected chi connectivity index (χ2v) is 10.6. The summed E-state index contributed by atoms with van der Waals surface area (Å²) in [5.74, 6) is -0.180. The first-order valence-corrected chi connectivity index (χ1v) is 12.9. The van der Waals surface area contributed by atoms with Crippen molar-refractivity contribution in [2.45, 2.75) is 38.3 Å². The molecule has 2 aliphatic rings. The summed E-state index contributed by atoms with van der Waals surface area (Å²) >= 11 is 1.13. The summed E-state index contributed by atoms with van der Waals surface area (Å²) < 4.78 is 34.5. The number of rotatable bonds is 6. The highest BCUT2D eigenvalue weighted by Crippen LogP contribution is 2.34. The van der Waals surface area contributed by atoms with Crippen LogP contribution in [0.5, 0.6) is 0 Å². The van der Waals surface area contributed by atoms with E-state index in [0.717, 1.165) is 30.1 Å². The summed E-state index contributed by atoms with van der Waals surface area (Å²) in [7, 11) is 3.61. The lowest BCUT2D eigenvalue weighted by Crippen LogP contribution is -2.39. The molecule has 0 saturated carbocycles. The van der Waals surface area contributed by atoms with Crippen molar-refractivity contribution in [3.8, 4) is 0 Å². The van der Waals surface area contributed by atoms with E-state index in [1.165, 1.54) is 12.1 Å². The lowest BCUT2D eigenvalue weighted by atomic mass is 9.91. The number of thiophene rings is 1. The molecule has 3 unspecified atom stereocenters. The molecule has 3 aromatic rings. The molecule has 0 spiro atoms. The lowest BCUT2D eigenvalue weighted by Gasteiger charge is -2.27. The van der Waals surface area contributed by atoms with Crippen LogP contribution in [0, 0.1) is 24.5 Å². The Hall–Kier alpha value is -2.89. The van der Waals surface area contributed by atoms with Gasteiger partial charge in [-0.2, -0.15) is 0 Å². The van der Waals surface area contributed by atoms with E-state index in [9.17, 15) is 9.18 Å². The molecule has 1 fully saturated rings. The summed E-state index contributed by atoms with van der Waals surface area (Å²) in [6.45, 7) is 3.69. The molecule has 0 radical (unpaired) electrons. The van der Waals surface area contributed by atoms with Crippen LogP contribution in [0.3, 0.4) is 0 Å². The zero-order valence-corrected chi connectivity index (χ0v) is 21.3. The molecule has 36 heavy (non-hydrogen) atoms. The number of nitrogens with two attached hydrogens (primary N) is 1. The van der Waals surface area contributed by atoms with E-state index in [1.807, 2.05) is 7.05 Å². The standard InChI is InChI=1S/C25H30F2N6O2S/c1-12-17(26)7-16-22(28)23(36-25(16)30-12)24(34)31-14-4-5-19-15(6-14)18(27)8-21(32-19)33-9-13(11-35-3)20(10-33)29-2/h7-8,13-14,20,29H,4-6,9-11,28H2,1-3H3,(H,31,34). The number of amides is 1. The maximum Gasteiger partial charge on any atom is 0.263 e. The van der Waals surface area contributed by atoms with Gasteiger partial charge in [0, 0.05) is 60.9 Å². The van der Waals surface area contributed by atoms with Gasteiger partial charge in [0.05, 0.1) is 18.0 Å². The molecule has 3 atom stereocenters. The average molecular weight is 517 g/mol. The van der Waals surface area contributed by atoms with E-state index in [4.69, 9.17) is 15.5 Å². The number of aryl methyl sites for hydroxylation is 2. The molecule has 1 amide bonds. The van der Waals surface area contributed by atoms with Crippen LogP contribution in [0.25, 0.3) is 10.2 Å². The molecule has 4 heterocycles. The zero-order valence-electron chi connectivity index (χ0n) is 20.5. The van der Waals surface area contributed by atoms with Crippen LogP contribution >= 0.6 is 11.3 Å². The van der Waals surface area contributed by atoms with Crippen LogP contribution in [0.1, 0.15) is 33.0 Å². The van der Waals surface area contributed by atoms with Gasteiger partial charge in [-0.3, -0.25) is 4.79 Å². The van der Waals surface area contributed by atoms with E-state index >= 15 is 4.39 Å². The molecular weight excluding hydrogens is 486 g/mol. The van der Waals surface area contributed by atoms with E-state index < -0.39 is 5.82 Å². The normalized spacial score (nSPS) is 21.7. The smallest absolute Gasteiger partial charge is 0.263 e. The van der Waals surface area contributed by atoms with E-state index in [1.54, 1.807) is 14.0 Å². The largest absolute Gasteiger partial charge is 0.397 e. The highest BCUT2D eigenvalue weighted by atomic mass is 32.1. The Bertz CT molecular complexity index is 1320. The Morgan fingerprint density at radius 2 is 2.08 bits per heavy atom. The Morgan fingerprint density at radius 1 is 1.28 bits per heavy atom. The molecule has 1 saturated heterocycles. The minimum atomic E-state index is -0.463. The second-order valence-electron chi connectivity index (χ2n) is 9.57. The number of ether oxygens (including phenoxy) is 1. The second kappa shape index (κ2) is 9.87. The lowest BCUT2D eigenvalue weighted by molar-refractivity contribution is 0.0938. The fourth-order valence-electron chi connectivity index (χ4n) is 5.23. The van der Waals surface area contributed by atoms with E-state index in [0.29, 0.717) is 58.3 Å². The maximum atomic E-state index is 15.2. The summed E-state index contributed by atoms with van der Waals surface area (Å²) in [5, 5.41) is 6.73. The molecule has 8 nitrogen and oxygen atoms in total. The third-order valence-corrected chi connectivity index (χ3v) is 8.34. The van der Waals surface area contributed by atoms with Crippen molar-refractivity contribution < 1.29 is 18.3 Å². The van der Waals surface area contributed by atoms with Gasteiger partial charge >= 0.3 is 0 Å². The third kappa shape index (κ3) is 4.51. The zero-order chi connectivity index (χ0) is 25.6. The number of halogens is 2. The van der Waals surface area contributed by atoms with Crippen LogP contribution < -0.4 is 21.3 Å². The van der Waals surface area contributed by atoms with Crippen molar-refractivity contribution in [3.05, 3.63) is 45.6 Å². The van der Waals surface area contributed by atoms with Gasteiger partial charge in [-0.15, -0.1) is 11.3 Å². The van der Waals surface area contributed by atoms with E-state index in [-0.39, 0.29) is 35.2 Å². The van der Waals surface area contributed by atoms with Gasteiger partial charge < -0.3 is 26.0 Å². The molecule has 5 rings (SSSR count). The van der Waals surface area contributed by atoms with Crippen molar-refractivity contribution in [1.82, 2.24) is 20.6 Å². The summed E-state index contributed by atoms with van der Waals surface area (Å²) in [4.78, 5) is 24.9. The van der Waals surface area contributed by atoms with Gasteiger partial charge in [0.15, 0.2) is 0 Å². The maximum absolute atomic E-state index is 15.2. The number of likely N-dealkylation sites (N-methyl/N-ethyl adjacent to an activating group) is 1. The first kappa shape index (κ1) is 24.8. The van der Waals surface area contributed by atoms with Crippen molar-refractivity contribution in [1.29, 1.82) is 0 Å². The molecule has 1 aliphatic carbocycles. The van der Waals surface area contributed by atoms with Crippen molar-refractivity contribution >= 4 is 39.0 Å². The molecule has 192 valence electrons. The number of aromatic nitrogens is 2. The predicted octanol–water partition coefficient (Wildman–Crippen LogP) is 2.82. The number of nitrogen functional groups attached to an aromatic ring is 1. The average Bonchev–Trinajstić information content (AvgIpc) is 3.41. The number of nitrogens with zero attached hydrogens (tertiary/aromatic N) is 3. The number of nitrogens with one attached hydrogen (secondary N) is 2. The molecule has 4 N–H and O–H groups in total. The number of carbonyl (C=O) groups is 1. The first-order chi connectivity index (χ1) is 17.3. The Balaban J connectivity index is 1.30. The monoisotopic (exact) mass is 516 g/mol. The van der Waals surface area contributed by atoms with Gasteiger partial charge in [0.2, 0.25) is 0 Å². The summed E-state index contributed by atoms with van der Waals surface area (Å²) in [6, 6.07) is 2.81. The fourth-order valence-corrected chi connectivity index (χ4v) is 6.26. The molecule has 0 aromatic carbocycles. The van der Waals surface area contributed by atoms with Gasteiger partial charge in [-0.1, -0.05) is 0 Å². The first-order valence-electron chi connectivity index (χ1n) is 12.0. The van der Waals surface area contributed by atoms with Crippen LogP contribution in [-0.2, 0) is 17.6 Å². The SMILES string of the molecule is CNC1CN(c2cc(F)c3c(n2)CCC(NC(=O)c2sc4nc(C)c(F)cc4c2N)C3)CC1COC. The Morgan fingerprint density at radius 3 is 2.83 bits per heavy atom. The molecule has 0 bridgehead atoms. The highest BCUT2D eigenvalue weighted by Gasteiger charge is 2.34. The molecule has 1 aliphatic heterocycles. The van der Waals surface area contributed by atoms with Gasteiger partial charge in [0.25, 0.3) is 5.91 Å². The predicted molar refractivity (Wildman–Crippen MR) is 137 cm³/mol. The molecule has 3 aromatic heterocycles. The fraction of sp³-hybridized carbons (Fsp3) is 0.480. The molecular formula is C25H30F2N6O2S. The summed E-state index contributed by atoms with van der Waals surface area (Å²) in [6.07, 6.45) is 1.54. The Labute approximate surface area is 212 Å². The number of carbonyl (C=O) groups excluding carboxylic acids is 1. The Kier molecular flexibility index (Phi) is 6.80. The number of methoxy groups -OCH3 is 1. The van der Waals surface area contributed by atoms with Gasteiger partial charge in [0.1, 0.15) is 27.2 Å². The highest BCUT2D eigenvalue weighted by molar-refractivity contribution is 7.21. The van der Waals surface area contributed by atoms with Crippen LogP contribution in [0.4, 0.5) is 20.3 Å². The summed E-state index contributed by atoms with van der Waals surface area (Å²) in [5.41, 5.74) is 7.89.